The molecule has 1 spiro atoms. The number of thiophene rings is 1. The topological polar surface area (TPSA) is 49.4 Å². The molecule has 0 aliphatic carbocycles. The van der Waals surface area contributed by atoms with Crippen LogP contribution in [0.25, 0.3) is 0 Å². The molecular weight excluding hydrogens is 304 g/mol. The lowest BCUT2D eigenvalue weighted by atomic mass is 9.73. The van der Waals surface area contributed by atoms with Crippen LogP contribution < -0.4 is 5.32 Å². The Kier molecular flexibility index (Phi) is 4.41. The predicted octanol–water partition coefficient (Wildman–Crippen LogP) is 2.60. The molecular formula is C15H24N2O2S2. The summed E-state index contributed by atoms with van der Waals surface area (Å²) in [6.07, 6.45) is 5.56. The minimum Gasteiger partial charge on any atom is -0.317 e. The number of sulfonamides is 1. The maximum Gasteiger partial charge on any atom is 0.252 e. The van der Waals surface area contributed by atoms with E-state index in [0.717, 1.165) is 31.5 Å². The standard InChI is InChI=1S/C15H24N2O2S2/c1-13-11-14(20-12-13)21(18,19)17-9-2-3-15(6-10-17)4-7-16-8-5-15/h11-12,16H,2-10H2,1H3. The normalized spacial score (nSPS) is 24.0. The summed E-state index contributed by atoms with van der Waals surface area (Å²) in [5.74, 6) is 0. The summed E-state index contributed by atoms with van der Waals surface area (Å²) in [5.41, 5.74) is 1.41. The molecule has 0 aromatic carbocycles. The molecule has 0 saturated carbocycles. The van der Waals surface area contributed by atoms with E-state index in [0.29, 0.717) is 22.7 Å². The highest BCUT2D eigenvalue weighted by Crippen LogP contribution is 2.40. The highest BCUT2D eigenvalue weighted by molar-refractivity contribution is 7.91. The van der Waals surface area contributed by atoms with Gasteiger partial charge in [-0.15, -0.1) is 11.3 Å². The van der Waals surface area contributed by atoms with Gasteiger partial charge in [0.05, 0.1) is 0 Å². The van der Waals surface area contributed by atoms with Crippen molar-refractivity contribution in [1.29, 1.82) is 0 Å². The number of piperidine rings is 1. The summed E-state index contributed by atoms with van der Waals surface area (Å²) >= 11 is 1.34. The van der Waals surface area contributed by atoms with Crippen molar-refractivity contribution >= 4 is 21.4 Å². The first-order valence-electron chi connectivity index (χ1n) is 7.78. The van der Waals surface area contributed by atoms with E-state index >= 15 is 0 Å². The van der Waals surface area contributed by atoms with E-state index in [9.17, 15) is 8.42 Å². The molecule has 0 unspecified atom stereocenters. The van der Waals surface area contributed by atoms with Crippen molar-refractivity contribution in [1.82, 2.24) is 9.62 Å². The molecule has 118 valence electrons. The molecule has 0 amide bonds. The van der Waals surface area contributed by atoms with Crippen LogP contribution in [0.3, 0.4) is 0 Å². The molecule has 3 heterocycles. The van der Waals surface area contributed by atoms with Crippen LogP contribution in [-0.2, 0) is 10.0 Å². The van der Waals surface area contributed by atoms with E-state index < -0.39 is 10.0 Å². The smallest absolute Gasteiger partial charge is 0.252 e. The van der Waals surface area contributed by atoms with Crippen molar-refractivity contribution in [3.63, 3.8) is 0 Å². The molecule has 0 bridgehead atoms. The minimum atomic E-state index is -3.28. The first-order valence-corrected chi connectivity index (χ1v) is 10.1. The molecule has 1 aromatic heterocycles. The Bertz CT molecular complexity index is 589. The molecule has 0 atom stereocenters. The summed E-state index contributed by atoms with van der Waals surface area (Å²) in [7, 11) is -3.28. The number of hydrogen-bond donors (Lipinski definition) is 1. The van der Waals surface area contributed by atoms with Crippen molar-refractivity contribution in [2.24, 2.45) is 5.41 Å². The second kappa shape index (κ2) is 5.99. The molecule has 1 aromatic rings. The molecule has 2 fully saturated rings. The zero-order chi connectivity index (χ0) is 14.9. The molecule has 2 saturated heterocycles. The monoisotopic (exact) mass is 328 g/mol. The Hall–Kier alpha value is -0.430. The van der Waals surface area contributed by atoms with Crippen LogP contribution in [0.5, 0.6) is 0 Å². The summed E-state index contributed by atoms with van der Waals surface area (Å²) in [6, 6.07) is 1.80. The molecule has 3 rings (SSSR count). The lowest BCUT2D eigenvalue weighted by Gasteiger charge is -2.37. The number of aryl methyl sites for hydroxylation is 1. The fourth-order valence-electron chi connectivity index (χ4n) is 3.59. The Balaban J connectivity index is 1.75. The first-order chi connectivity index (χ1) is 10.0. The predicted molar refractivity (Wildman–Crippen MR) is 86.2 cm³/mol. The first kappa shape index (κ1) is 15.5. The van der Waals surface area contributed by atoms with Gasteiger partial charge in [-0.05, 0) is 74.5 Å². The van der Waals surface area contributed by atoms with Crippen molar-refractivity contribution in [3.8, 4) is 0 Å². The third-order valence-electron chi connectivity index (χ3n) is 4.97. The third kappa shape index (κ3) is 3.18. The van der Waals surface area contributed by atoms with Gasteiger partial charge >= 0.3 is 0 Å². The van der Waals surface area contributed by atoms with Gasteiger partial charge in [0.2, 0.25) is 0 Å². The number of nitrogens with one attached hydrogen (secondary N) is 1. The summed E-state index contributed by atoms with van der Waals surface area (Å²) in [5, 5.41) is 5.33. The van der Waals surface area contributed by atoms with E-state index in [1.807, 2.05) is 12.3 Å². The highest BCUT2D eigenvalue weighted by atomic mass is 32.2. The van der Waals surface area contributed by atoms with Crippen LogP contribution in [0.4, 0.5) is 0 Å². The molecule has 4 nitrogen and oxygen atoms in total. The molecule has 21 heavy (non-hydrogen) atoms. The summed E-state index contributed by atoms with van der Waals surface area (Å²) in [6.45, 7) is 5.46. The van der Waals surface area contributed by atoms with E-state index in [2.05, 4.69) is 5.32 Å². The lowest BCUT2D eigenvalue weighted by molar-refractivity contribution is 0.175. The molecule has 6 heteroatoms. The number of nitrogens with zero attached hydrogens (tertiary/aromatic N) is 1. The average molecular weight is 329 g/mol. The Morgan fingerprint density at radius 3 is 2.62 bits per heavy atom. The SMILES string of the molecule is Cc1csc(S(=O)(=O)N2CCCC3(CCNCC3)CC2)c1. The zero-order valence-electron chi connectivity index (χ0n) is 12.6. The van der Waals surface area contributed by atoms with Gasteiger partial charge in [-0.2, -0.15) is 4.31 Å². The van der Waals surface area contributed by atoms with Gasteiger partial charge in [0.1, 0.15) is 4.21 Å². The maximum absolute atomic E-state index is 12.7. The maximum atomic E-state index is 12.7. The van der Waals surface area contributed by atoms with Crippen molar-refractivity contribution in [2.45, 2.75) is 43.2 Å². The van der Waals surface area contributed by atoms with Gasteiger partial charge in [-0.3, -0.25) is 0 Å². The van der Waals surface area contributed by atoms with E-state index in [1.54, 1.807) is 10.4 Å². The van der Waals surface area contributed by atoms with Crippen LogP contribution in [0, 0.1) is 12.3 Å². The van der Waals surface area contributed by atoms with Crippen molar-refractivity contribution < 1.29 is 8.42 Å². The highest BCUT2D eigenvalue weighted by Gasteiger charge is 2.37. The van der Waals surface area contributed by atoms with E-state index in [-0.39, 0.29) is 0 Å². The van der Waals surface area contributed by atoms with Gasteiger partial charge < -0.3 is 5.32 Å². The molecule has 2 aliphatic heterocycles. The van der Waals surface area contributed by atoms with E-state index in [4.69, 9.17) is 0 Å². The van der Waals surface area contributed by atoms with Crippen molar-refractivity contribution in [2.75, 3.05) is 26.2 Å². The van der Waals surface area contributed by atoms with Gasteiger partial charge in [0.25, 0.3) is 10.0 Å². The summed E-state index contributed by atoms with van der Waals surface area (Å²) in [4.78, 5) is 0. The largest absolute Gasteiger partial charge is 0.317 e. The molecule has 1 N–H and O–H groups in total. The molecule has 2 aliphatic rings. The Morgan fingerprint density at radius 2 is 1.95 bits per heavy atom. The van der Waals surface area contributed by atoms with Gasteiger partial charge in [0, 0.05) is 13.1 Å². The lowest BCUT2D eigenvalue weighted by Crippen LogP contribution is -2.38. The van der Waals surface area contributed by atoms with Crippen LogP contribution >= 0.6 is 11.3 Å². The van der Waals surface area contributed by atoms with Crippen molar-refractivity contribution in [3.05, 3.63) is 17.0 Å². The number of hydrogen-bond acceptors (Lipinski definition) is 4. The van der Waals surface area contributed by atoms with Crippen LogP contribution in [0.15, 0.2) is 15.7 Å². The Morgan fingerprint density at radius 1 is 1.19 bits per heavy atom. The van der Waals surface area contributed by atoms with Gasteiger partial charge in [-0.1, -0.05) is 0 Å². The second-order valence-electron chi connectivity index (χ2n) is 6.45. The zero-order valence-corrected chi connectivity index (χ0v) is 14.2. The van der Waals surface area contributed by atoms with E-state index in [1.165, 1.54) is 30.6 Å². The average Bonchev–Trinajstić information content (AvgIpc) is 2.80. The fraction of sp³-hybridized carbons (Fsp3) is 0.733. The fourth-order valence-corrected chi connectivity index (χ4v) is 6.46. The van der Waals surface area contributed by atoms with Crippen LogP contribution in [-0.4, -0.2) is 38.9 Å². The van der Waals surface area contributed by atoms with Gasteiger partial charge in [0.15, 0.2) is 0 Å². The van der Waals surface area contributed by atoms with Crippen LogP contribution in [0.1, 0.15) is 37.7 Å². The second-order valence-corrected chi connectivity index (χ2v) is 9.53. The quantitative estimate of drug-likeness (QED) is 0.908. The third-order valence-corrected chi connectivity index (χ3v) is 8.40. The molecule has 0 radical (unpaired) electrons. The van der Waals surface area contributed by atoms with Gasteiger partial charge in [-0.25, -0.2) is 8.42 Å². The summed E-state index contributed by atoms with van der Waals surface area (Å²) < 4.78 is 27.7. The number of rotatable bonds is 2. The van der Waals surface area contributed by atoms with Crippen LogP contribution in [0.2, 0.25) is 0 Å². The Labute approximate surface area is 131 Å². The minimum absolute atomic E-state index is 0.376.